The van der Waals surface area contributed by atoms with E-state index < -0.39 is 0 Å². The normalized spacial score (nSPS) is 11.7. The van der Waals surface area contributed by atoms with Crippen LogP contribution in [0.4, 0.5) is 0 Å². The van der Waals surface area contributed by atoms with E-state index in [4.69, 9.17) is 4.98 Å². The Morgan fingerprint density at radius 2 is 0.966 bits per heavy atom. The molecule has 2 nitrogen and oxygen atoms in total. The van der Waals surface area contributed by atoms with E-state index in [0.717, 1.165) is 33.7 Å². The van der Waals surface area contributed by atoms with E-state index >= 15 is 0 Å². The summed E-state index contributed by atoms with van der Waals surface area (Å²) in [5, 5.41) is 7.57. The van der Waals surface area contributed by atoms with Crippen LogP contribution in [0, 0.1) is 0 Å². The summed E-state index contributed by atoms with van der Waals surface area (Å²) >= 11 is 1.88. The van der Waals surface area contributed by atoms with Gasteiger partial charge in [0.05, 0.1) is 11.0 Å². The molecule has 2 aromatic heterocycles. The van der Waals surface area contributed by atoms with E-state index in [1.165, 1.54) is 96.8 Å². The second kappa shape index (κ2) is 13.8. The van der Waals surface area contributed by atoms with Gasteiger partial charge in [-0.1, -0.05) is 132 Å². The molecule has 0 bridgehead atoms. The molecule has 0 atom stereocenters. The first-order valence-corrected chi connectivity index (χ1v) is 21.3. The van der Waals surface area contributed by atoms with Crippen molar-refractivity contribution < 1.29 is 0 Å². The summed E-state index contributed by atoms with van der Waals surface area (Å²) in [5.74, 6) is 0.928. The predicted molar refractivity (Wildman–Crippen MR) is 272 cm³/mol. The van der Waals surface area contributed by atoms with Crippen LogP contribution >= 0.6 is 11.3 Å². The van der Waals surface area contributed by atoms with E-state index in [-0.39, 0.29) is 0 Å². The van der Waals surface area contributed by atoms with Gasteiger partial charge in [0, 0.05) is 31.4 Å². The highest BCUT2D eigenvalue weighted by atomic mass is 32.1. The maximum absolute atomic E-state index is 5.39. The molecule has 0 N–H and O–H groups in total. The third-order valence-corrected chi connectivity index (χ3v) is 14.1. The highest BCUT2D eigenvalue weighted by Crippen LogP contribution is 2.50. The minimum atomic E-state index is 0.928. The van der Waals surface area contributed by atoms with E-state index in [0.29, 0.717) is 0 Å². The van der Waals surface area contributed by atoms with Gasteiger partial charge in [-0.05, 0) is 97.4 Å². The molecule has 11 aromatic rings. The number of rotatable bonds is 5. The van der Waals surface area contributed by atoms with Gasteiger partial charge >= 0.3 is 0 Å². The second-order valence-corrected chi connectivity index (χ2v) is 17.1. The molecule has 0 aliphatic carbocycles. The van der Waals surface area contributed by atoms with Crippen molar-refractivity contribution in [1.29, 1.82) is 0 Å². The Balaban J connectivity index is 1.30. The lowest BCUT2D eigenvalue weighted by molar-refractivity contribution is 1.10. The number of imidazole rings is 1. The van der Waals surface area contributed by atoms with Crippen LogP contribution in [-0.2, 0) is 0 Å². The van der Waals surface area contributed by atoms with Crippen LogP contribution in [0.2, 0.25) is 0 Å². The Morgan fingerprint density at radius 1 is 0.407 bits per heavy atom. The van der Waals surface area contributed by atoms with Crippen LogP contribution in [0.1, 0.15) is 0 Å². The number of fused-ring (bicyclic) bond motifs is 6. The van der Waals surface area contributed by atoms with Crippen molar-refractivity contribution >= 4 is 131 Å². The maximum Gasteiger partial charge on any atom is 0.146 e. The third kappa shape index (κ3) is 5.43. The van der Waals surface area contributed by atoms with Gasteiger partial charge in [-0.3, -0.25) is 4.57 Å². The van der Waals surface area contributed by atoms with Crippen molar-refractivity contribution in [3.63, 3.8) is 0 Å². The fraction of sp³-hybridized carbons (Fsp3) is 0. The zero-order valence-electron chi connectivity index (χ0n) is 33.9. The van der Waals surface area contributed by atoms with Crippen molar-refractivity contribution in [1.82, 2.24) is 9.55 Å². The number of hydrogen-bond acceptors (Lipinski definition) is 2. The van der Waals surface area contributed by atoms with Crippen LogP contribution in [0.25, 0.3) is 103 Å². The topological polar surface area (TPSA) is 17.8 Å². The molecule has 8 heteroatoms. The molecule has 0 unspecified atom stereocenters. The minimum Gasteiger partial charge on any atom is -0.292 e. The largest absolute Gasteiger partial charge is 0.292 e. The van der Waals surface area contributed by atoms with Crippen LogP contribution in [-0.4, -0.2) is 48.8 Å². The molecule has 0 spiro atoms. The van der Waals surface area contributed by atoms with Gasteiger partial charge in [0.2, 0.25) is 0 Å². The first-order chi connectivity index (χ1) is 28.9. The summed E-state index contributed by atoms with van der Waals surface area (Å²) < 4.78 is 4.94. The molecule has 0 aliphatic rings. The molecular formula is C51H37B5N2S. The first kappa shape index (κ1) is 35.7. The summed E-state index contributed by atoms with van der Waals surface area (Å²) in [5.41, 5.74) is 18.6. The molecule has 0 saturated carbocycles. The minimum absolute atomic E-state index is 0.928. The number of nitrogens with zero attached hydrogens (tertiary/aromatic N) is 2. The Kier molecular flexibility index (Phi) is 8.36. The molecule has 0 aliphatic heterocycles. The average molecular weight is 764 g/mol. The van der Waals surface area contributed by atoms with Crippen LogP contribution < -0.4 is 27.3 Å². The Morgan fingerprint density at radius 3 is 1.73 bits per heavy atom. The van der Waals surface area contributed by atoms with Gasteiger partial charge in [-0.15, -0.1) is 27.7 Å². The van der Waals surface area contributed by atoms with E-state index in [1.54, 1.807) is 0 Å². The van der Waals surface area contributed by atoms with Gasteiger partial charge in [-0.25, -0.2) is 4.98 Å². The standard InChI is InChI=1S/C51H37B5N2S/c52-46-42(47(53)49(55)50(56)48(46)54)28-25-26-33-37(27-28)44(36-20-12-24-41-45(36)35-19-8-11-23-40(35)59-41)31-16-5-4-15-30(31)43(33)32-17-6-7-18-34(32)51-57-38-21-9-10-22-39(38)58(51)29-13-2-1-3-14-29/h1-27H,52-56H2. The fourth-order valence-electron chi connectivity index (χ4n) is 9.77. The lowest BCUT2D eigenvalue weighted by Gasteiger charge is -2.23. The Hall–Kier alpha value is -6.49. The SMILES string of the molecule is Bc1c(B)c(B)c(-c2ccc3c(-c4ccccc4-c4nc5ccccc5n4-c4ccccc4)c4ccccc4c(-c4cccc5sc6ccccc6c45)c3c2)c(B)c1B. The van der Waals surface area contributed by atoms with E-state index in [2.05, 4.69) is 208 Å². The predicted octanol–water partition coefficient (Wildman–Crippen LogP) is 5.66. The Bertz CT molecular complexity index is 3490. The molecule has 9 aromatic carbocycles. The summed E-state index contributed by atoms with van der Waals surface area (Å²) in [7, 11) is 11.4. The highest BCUT2D eigenvalue weighted by molar-refractivity contribution is 7.26. The van der Waals surface area contributed by atoms with Gasteiger partial charge in [0.25, 0.3) is 0 Å². The van der Waals surface area contributed by atoms with Crippen LogP contribution in [0.3, 0.4) is 0 Å². The lowest BCUT2D eigenvalue weighted by Crippen LogP contribution is -2.55. The number of hydrogen-bond donors (Lipinski definition) is 0. The molecule has 0 saturated heterocycles. The quantitative estimate of drug-likeness (QED) is 0.164. The third-order valence-electron chi connectivity index (χ3n) is 13.0. The van der Waals surface area contributed by atoms with Crippen molar-refractivity contribution in [3.8, 4) is 50.5 Å². The number of aromatic nitrogens is 2. The van der Waals surface area contributed by atoms with E-state index in [1.807, 2.05) is 11.3 Å². The van der Waals surface area contributed by atoms with Crippen molar-refractivity contribution in [2.24, 2.45) is 0 Å². The summed E-state index contributed by atoms with van der Waals surface area (Å²) in [6, 6.07) is 60.1. The van der Waals surface area contributed by atoms with E-state index in [9.17, 15) is 0 Å². The second-order valence-electron chi connectivity index (χ2n) is 16.0. The molecule has 0 fully saturated rings. The lowest BCUT2D eigenvalue weighted by atomic mass is 9.59. The monoisotopic (exact) mass is 764 g/mol. The average Bonchev–Trinajstić information content (AvgIpc) is 3.86. The zero-order valence-corrected chi connectivity index (χ0v) is 34.7. The highest BCUT2D eigenvalue weighted by Gasteiger charge is 2.24. The summed E-state index contributed by atoms with van der Waals surface area (Å²) in [4.78, 5) is 5.39. The van der Waals surface area contributed by atoms with Crippen molar-refractivity contribution in [2.45, 2.75) is 0 Å². The van der Waals surface area contributed by atoms with Gasteiger partial charge in [-0.2, -0.15) is 0 Å². The zero-order chi connectivity index (χ0) is 39.9. The molecule has 11 rings (SSSR count). The number of thiophene rings is 1. The first-order valence-electron chi connectivity index (χ1n) is 20.5. The molecule has 59 heavy (non-hydrogen) atoms. The molecule has 0 amide bonds. The van der Waals surface area contributed by atoms with Crippen molar-refractivity contribution in [3.05, 3.63) is 164 Å². The molecule has 0 radical (unpaired) electrons. The molecule has 272 valence electrons. The maximum atomic E-state index is 5.39. The number of benzene rings is 9. The van der Waals surface area contributed by atoms with Gasteiger partial charge < -0.3 is 0 Å². The fourth-order valence-corrected chi connectivity index (χ4v) is 10.9. The summed E-state index contributed by atoms with van der Waals surface area (Å²) in [6.07, 6.45) is 0. The van der Waals surface area contributed by atoms with Crippen LogP contribution in [0.15, 0.2) is 164 Å². The van der Waals surface area contributed by atoms with Gasteiger partial charge in [0.15, 0.2) is 0 Å². The van der Waals surface area contributed by atoms with Crippen molar-refractivity contribution in [2.75, 3.05) is 0 Å². The molecule has 2 heterocycles. The molecular weight excluding hydrogens is 727 g/mol. The van der Waals surface area contributed by atoms with Gasteiger partial charge in [0.1, 0.15) is 45.1 Å². The van der Waals surface area contributed by atoms with Crippen LogP contribution in [0.5, 0.6) is 0 Å². The smallest absolute Gasteiger partial charge is 0.146 e. The summed E-state index contributed by atoms with van der Waals surface area (Å²) in [6.45, 7) is 0. The number of para-hydroxylation sites is 3. The Labute approximate surface area is 352 Å².